The largest absolute Gasteiger partial charge is 0.383 e. The molecule has 7 heteroatoms. The zero-order valence-electron chi connectivity index (χ0n) is 10.2. The Kier molecular flexibility index (Phi) is 5.44. The lowest BCUT2D eigenvalue weighted by Crippen LogP contribution is -2.26. The van der Waals surface area contributed by atoms with E-state index in [1.54, 1.807) is 30.9 Å². The first kappa shape index (κ1) is 14.3. The van der Waals surface area contributed by atoms with Gasteiger partial charge in [-0.3, -0.25) is 14.9 Å². The van der Waals surface area contributed by atoms with Crippen molar-refractivity contribution in [1.82, 2.24) is 5.32 Å². The molecule has 0 aromatic heterocycles. The first-order valence-corrected chi connectivity index (χ1v) is 6.73. The SMILES string of the molecule is CNc1cccc(C(=O)NCCSC)c1[N+](=O)[O-]. The van der Waals surface area contributed by atoms with Crippen LogP contribution in [0.5, 0.6) is 0 Å². The van der Waals surface area contributed by atoms with E-state index in [0.29, 0.717) is 12.2 Å². The van der Waals surface area contributed by atoms with Gasteiger partial charge in [0.05, 0.1) is 4.92 Å². The Balaban J connectivity index is 3.00. The van der Waals surface area contributed by atoms with Gasteiger partial charge in [-0.05, 0) is 18.4 Å². The van der Waals surface area contributed by atoms with Gasteiger partial charge >= 0.3 is 5.69 Å². The van der Waals surface area contributed by atoms with Gasteiger partial charge in [0.25, 0.3) is 5.91 Å². The molecule has 18 heavy (non-hydrogen) atoms. The van der Waals surface area contributed by atoms with Crippen molar-refractivity contribution in [2.75, 3.05) is 30.9 Å². The Hall–Kier alpha value is -1.76. The summed E-state index contributed by atoms with van der Waals surface area (Å²) in [5.41, 5.74) is 0.215. The van der Waals surface area contributed by atoms with Gasteiger partial charge in [0.1, 0.15) is 11.3 Å². The lowest BCUT2D eigenvalue weighted by molar-refractivity contribution is -0.384. The molecule has 0 heterocycles. The molecule has 0 aliphatic rings. The van der Waals surface area contributed by atoms with Crippen molar-refractivity contribution >= 4 is 29.0 Å². The molecule has 2 N–H and O–H groups in total. The second-order valence-electron chi connectivity index (χ2n) is 3.46. The molecule has 0 fully saturated rings. The normalized spacial score (nSPS) is 9.89. The molecular weight excluding hydrogens is 254 g/mol. The average molecular weight is 269 g/mol. The summed E-state index contributed by atoms with van der Waals surface area (Å²) in [5.74, 6) is 0.346. The number of thioether (sulfide) groups is 1. The molecule has 0 atom stereocenters. The maximum Gasteiger partial charge on any atom is 0.305 e. The van der Waals surface area contributed by atoms with Crippen molar-refractivity contribution in [2.45, 2.75) is 0 Å². The van der Waals surface area contributed by atoms with E-state index in [0.717, 1.165) is 5.75 Å². The van der Waals surface area contributed by atoms with Gasteiger partial charge in [-0.25, -0.2) is 0 Å². The first-order chi connectivity index (χ1) is 8.61. The van der Waals surface area contributed by atoms with Crippen molar-refractivity contribution in [2.24, 2.45) is 0 Å². The predicted octanol–water partition coefficient (Wildman–Crippen LogP) is 1.73. The van der Waals surface area contributed by atoms with Crippen molar-refractivity contribution in [3.8, 4) is 0 Å². The Bertz CT molecular complexity index is 451. The highest BCUT2D eigenvalue weighted by molar-refractivity contribution is 7.98. The second kappa shape index (κ2) is 6.85. The van der Waals surface area contributed by atoms with Crippen LogP contribution < -0.4 is 10.6 Å². The lowest BCUT2D eigenvalue weighted by Gasteiger charge is -2.08. The van der Waals surface area contributed by atoms with Gasteiger partial charge in [-0.15, -0.1) is 0 Å². The standard InChI is InChI=1S/C11H15N3O3S/c1-12-9-5-3-4-8(10(9)14(16)17)11(15)13-6-7-18-2/h3-5,12H,6-7H2,1-2H3,(H,13,15). The van der Waals surface area contributed by atoms with Crippen molar-refractivity contribution in [1.29, 1.82) is 0 Å². The van der Waals surface area contributed by atoms with Crippen LogP contribution in [0.15, 0.2) is 18.2 Å². The average Bonchev–Trinajstić information content (AvgIpc) is 2.37. The number of nitrogens with zero attached hydrogens (tertiary/aromatic N) is 1. The minimum absolute atomic E-state index is 0.0768. The monoisotopic (exact) mass is 269 g/mol. The number of para-hydroxylation sites is 1. The molecule has 0 unspecified atom stereocenters. The minimum atomic E-state index is -0.546. The fourth-order valence-electron chi connectivity index (χ4n) is 1.49. The number of hydrogen-bond donors (Lipinski definition) is 2. The summed E-state index contributed by atoms with van der Waals surface area (Å²) in [6, 6.07) is 4.63. The molecule has 0 aliphatic carbocycles. The number of carbonyl (C=O) groups excluding carboxylic acids is 1. The van der Waals surface area contributed by atoms with Gasteiger partial charge in [0, 0.05) is 19.3 Å². The van der Waals surface area contributed by atoms with Gasteiger partial charge < -0.3 is 10.6 Å². The molecule has 0 saturated carbocycles. The van der Waals surface area contributed by atoms with Gasteiger partial charge in [0.15, 0.2) is 0 Å². The molecule has 1 rings (SSSR count). The van der Waals surface area contributed by atoms with Crippen LogP contribution in [0.1, 0.15) is 10.4 Å². The molecule has 1 amide bonds. The molecule has 0 radical (unpaired) electrons. The highest BCUT2D eigenvalue weighted by Crippen LogP contribution is 2.27. The van der Waals surface area contributed by atoms with Crippen molar-refractivity contribution in [3.63, 3.8) is 0 Å². The van der Waals surface area contributed by atoms with E-state index < -0.39 is 10.8 Å². The van der Waals surface area contributed by atoms with E-state index in [4.69, 9.17) is 0 Å². The van der Waals surface area contributed by atoms with Crippen molar-refractivity contribution < 1.29 is 9.72 Å². The topological polar surface area (TPSA) is 84.3 Å². The third kappa shape index (κ3) is 3.36. The van der Waals surface area contributed by atoms with Crippen molar-refractivity contribution in [3.05, 3.63) is 33.9 Å². The molecule has 0 bridgehead atoms. The number of anilines is 1. The Labute approximate surface area is 109 Å². The summed E-state index contributed by atoms with van der Waals surface area (Å²) in [7, 11) is 1.58. The number of hydrogen-bond acceptors (Lipinski definition) is 5. The molecule has 6 nitrogen and oxygen atoms in total. The first-order valence-electron chi connectivity index (χ1n) is 5.34. The molecular formula is C11H15N3O3S. The van der Waals surface area contributed by atoms with E-state index in [-0.39, 0.29) is 11.3 Å². The van der Waals surface area contributed by atoms with Gasteiger partial charge in [-0.2, -0.15) is 11.8 Å². The highest BCUT2D eigenvalue weighted by atomic mass is 32.2. The van der Waals surface area contributed by atoms with Crippen LogP contribution in [0.25, 0.3) is 0 Å². The Morgan fingerprint density at radius 2 is 2.22 bits per heavy atom. The van der Waals surface area contributed by atoms with Crippen LogP contribution >= 0.6 is 11.8 Å². The predicted molar refractivity (Wildman–Crippen MR) is 73.4 cm³/mol. The van der Waals surface area contributed by atoms with Gasteiger partial charge in [-0.1, -0.05) is 6.07 Å². The smallest absolute Gasteiger partial charge is 0.305 e. The summed E-state index contributed by atoms with van der Waals surface area (Å²) in [5, 5.41) is 16.4. The Morgan fingerprint density at radius 3 is 2.78 bits per heavy atom. The maximum atomic E-state index is 11.9. The van der Waals surface area contributed by atoms with E-state index in [9.17, 15) is 14.9 Å². The number of nitro benzene ring substituents is 1. The summed E-state index contributed by atoms with van der Waals surface area (Å²) in [6.45, 7) is 0.487. The van der Waals surface area contributed by atoms with Crippen LogP contribution in [0.2, 0.25) is 0 Å². The van der Waals surface area contributed by atoms with Crippen LogP contribution in [0, 0.1) is 10.1 Å². The van der Waals surface area contributed by atoms with Crippen LogP contribution in [-0.4, -0.2) is 36.4 Å². The van der Waals surface area contributed by atoms with Crippen LogP contribution in [0.4, 0.5) is 11.4 Å². The number of carbonyl (C=O) groups is 1. The molecule has 0 spiro atoms. The summed E-state index contributed by atoms with van der Waals surface area (Å²) in [4.78, 5) is 22.3. The molecule has 1 aromatic carbocycles. The summed E-state index contributed by atoms with van der Waals surface area (Å²) in [6.07, 6.45) is 1.93. The summed E-state index contributed by atoms with van der Waals surface area (Å²) >= 11 is 1.60. The molecule has 0 saturated heterocycles. The van der Waals surface area contributed by atoms with E-state index >= 15 is 0 Å². The van der Waals surface area contributed by atoms with E-state index in [1.807, 2.05) is 6.26 Å². The Morgan fingerprint density at radius 1 is 1.50 bits per heavy atom. The van der Waals surface area contributed by atoms with Gasteiger partial charge in [0.2, 0.25) is 0 Å². The number of nitrogens with one attached hydrogen (secondary N) is 2. The summed E-state index contributed by atoms with van der Waals surface area (Å²) < 4.78 is 0. The highest BCUT2D eigenvalue weighted by Gasteiger charge is 2.23. The molecule has 98 valence electrons. The van der Waals surface area contributed by atoms with E-state index in [2.05, 4.69) is 10.6 Å². The van der Waals surface area contributed by atoms with E-state index in [1.165, 1.54) is 6.07 Å². The fourth-order valence-corrected chi connectivity index (χ4v) is 1.79. The van der Waals surface area contributed by atoms with Crippen LogP contribution in [-0.2, 0) is 0 Å². The lowest BCUT2D eigenvalue weighted by atomic mass is 10.1. The third-order valence-corrected chi connectivity index (χ3v) is 2.94. The molecule has 0 aliphatic heterocycles. The number of nitro groups is 1. The third-order valence-electron chi connectivity index (χ3n) is 2.32. The molecule has 1 aromatic rings. The number of benzene rings is 1. The number of rotatable bonds is 6. The quantitative estimate of drug-likeness (QED) is 0.467. The maximum absolute atomic E-state index is 11.9. The minimum Gasteiger partial charge on any atom is -0.383 e. The zero-order valence-corrected chi connectivity index (χ0v) is 11.0. The zero-order chi connectivity index (χ0) is 13.5. The fraction of sp³-hybridized carbons (Fsp3) is 0.364. The van der Waals surface area contributed by atoms with Crippen LogP contribution in [0.3, 0.4) is 0 Å². The second-order valence-corrected chi connectivity index (χ2v) is 4.44. The number of amides is 1.